The van der Waals surface area contributed by atoms with Crippen LogP contribution in [0.2, 0.25) is 0 Å². The van der Waals surface area contributed by atoms with Crippen molar-refractivity contribution in [2.75, 3.05) is 0 Å². The Bertz CT molecular complexity index is 335. The highest BCUT2D eigenvalue weighted by Gasteiger charge is 2.09. The summed E-state index contributed by atoms with van der Waals surface area (Å²) >= 11 is 5.27. The molecule has 0 aliphatic heterocycles. The molecule has 0 aliphatic rings. The lowest BCUT2D eigenvalue weighted by atomic mass is 10.1. The Morgan fingerprint density at radius 1 is 1.43 bits per heavy atom. The van der Waals surface area contributed by atoms with Crippen LogP contribution >= 0.6 is 12.2 Å². The summed E-state index contributed by atoms with van der Waals surface area (Å²) in [6, 6.07) is 0. The third-order valence-electron chi connectivity index (χ3n) is 2.68. The minimum atomic E-state index is 0.534. The fraction of sp³-hybridized carbons (Fsp3) is 0.727. The van der Waals surface area contributed by atoms with Gasteiger partial charge in [0.15, 0.2) is 4.77 Å². The molecule has 3 heteroatoms. The molecule has 0 amide bonds. The summed E-state index contributed by atoms with van der Waals surface area (Å²) in [5.41, 5.74) is 1.32. The van der Waals surface area contributed by atoms with Gasteiger partial charge in [-0.1, -0.05) is 34.1 Å². The van der Waals surface area contributed by atoms with Gasteiger partial charge in [-0.3, -0.25) is 0 Å². The predicted octanol–water partition coefficient (Wildman–Crippen LogP) is 3.72. The number of aromatic amines is 1. The maximum atomic E-state index is 5.27. The van der Waals surface area contributed by atoms with E-state index in [-0.39, 0.29) is 0 Å². The van der Waals surface area contributed by atoms with Crippen molar-refractivity contribution in [3.8, 4) is 0 Å². The van der Waals surface area contributed by atoms with Crippen molar-refractivity contribution >= 4 is 12.2 Å². The standard InChI is InChI=1S/C11H20N2S/c1-5-9(4)7-13-10(8(2)3)6-12-11(13)14/h6,8-9H,5,7H2,1-4H3,(H,12,14). The number of hydrogen-bond acceptors (Lipinski definition) is 1. The Labute approximate surface area is 91.3 Å². The molecule has 80 valence electrons. The first kappa shape index (κ1) is 11.5. The molecule has 1 heterocycles. The minimum Gasteiger partial charge on any atom is -0.337 e. The van der Waals surface area contributed by atoms with Crippen LogP contribution in [0.5, 0.6) is 0 Å². The van der Waals surface area contributed by atoms with Crippen LogP contribution in [-0.4, -0.2) is 9.55 Å². The van der Waals surface area contributed by atoms with Crippen LogP contribution in [0.15, 0.2) is 6.20 Å². The Morgan fingerprint density at radius 3 is 2.57 bits per heavy atom. The quantitative estimate of drug-likeness (QED) is 0.754. The second-order valence-electron chi connectivity index (χ2n) is 4.30. The van der Waals surface area contributed by atoms with Crippen molar-refractivity contribution < 1.29 is 0 Å². The molecule has 0 saturated heterocycles. The summed E-state index contributed by atoms with van der Waals surface area (Å²) in [5.74, 6) is 1.22. The topological polar surface area (TPSA) is 20.7 Å². The van der Waals surface area contributed by atoms with Gasteiger partial charge >= 0.3 is 0 Å². The molecular weight excluding hydrogens is 192 g/mol. The van der Waals surface area contributed by atoms with E-state index in [0.29, 0.717) is 11.8 Å². The maximum Gasteiger partial charge on any atom is 0.177 e. The van der Waals surface area contributed by atoms with Crippen LogP contribution in [0.25, 0.3) is 0 Å². The average molecular weight is 212 g/mol. The SMILES string of the molecule is CCC(C)Cn1c(C(C)C)c[nH]c1=S. The zero-order chi connectivity index (χ0) is 10.7. The Balaban J connectivity index is 2.94. The number of hydrogen-bond donors (Lipinski definition) is 1. The van der Waals surface area contributed by atoms with Crippen molar-refractivity contribution in [2.24, 2.45) is 5.92 Å². The number of nitrogens with one attached hydrogen (secondary N) is 1. The maximum absolute atomic E-state index is 5.27. The summed E-state index contributed by atoms with van der Waals surface area (Å²) in [4.78, 5) is 3.13. The van der Waals surface area contributed by atoms with E-state index in [1.54, 1.807) is 0 Å². The van der Waals surface area contributed by atoms with Crippen LogP contribution in [0.4, 0.5) is 0 Å². The van der Waals surface area contributed by atoms with E-state index in [1.807, 2.05) is 6.20 Å². The normalized spacial score (nSPS) is 13.5. The monoisotopic (exact) mass is 212 g/mol. The van der Waals surface area contributed by atoms with Gasteiger partial charge in [0.05, 0.1) is 0 Å². The first-order valence-electron chi connectivity index (χ1n) is 5.34. The second kappa shape index (κ2) is 4.78. The highest BCUT2D eigenvalue weighted by atomic mass is 32.1. The fourth-order valence-corrected chi connectivity index (χ4v) is 1.76. The van der Waals surface area contributed by atoms with Gasteiger partial charge in [-0.2, -0.15) is 0 Å². The van der Waals surface area contributed by atoms with Crippen molar-refractivity contribution in [2.45, 2.75) is 46.6 Å². The zero-order valence-electron chi connectivity index (χ0n) is 9.50. The molecule has 2 nitrogen and oxygen atoms in total. The van der Waals surface area contributed by atoms with Gasteiger partial charge in [0, 0.05) is 18.4 Å². The summed E-state index contributed by atoms with van der Waals surface area (Å²) in [5, 5.41) is 0. The summed E-state index contributed by atoms with van der Waals surface area (Å²) in [7, 11) is 0. The third-order valence-corrected chi connectivity index (χ3v) is 3.02. The molecule has 1 unspecified atom stereocenters. The van der Waals surface area contributed by atoms with Crippen molar-refractivity contribution in [3.05, 3.63) is 16.7 Å². The molecular formula is C11H20N2S. The van der Waals surface area contributed by atoms with Gasteiger partial charge in [-0.15, -0.1) is 0 Å². The van der Waals surface area contributed by atoms with Gasteiger partial charge in [0.2, 0.25) is 0 Å². The summed E-state index contributed by atoms with van der Waals surface area (Å²) in [6.45, 7) is 9.91. The smallest absolute Gasteiger partial charge is 0.177 e. The lowest BCUT2D eigenvalue weighted by Crippen LogP contribution is -2.10. The van der Waals surface area contributed by atoms with Gasteiger partial charge in [0.1, 0.15) is 0 Å². The molecule has 1 rings (SSSR count). The number of rotatable bonds is 4. The van der Waals surface area contributed by atoms with E-state index < -0.39 is 0 Å². The zero-order valence-corrected chi connectivity index (χ0v) is 10.3. The van der Waals surface area contributed by atoms with Crippen LogP contribution in [0.1, 0.15) is 45.7 Å². The van der Waals surface area contributed by atoms with E-state index in [2.05, 4.69) is 37.2 Å². The molecule has 0 fully saturated rings. The lowest BCUT2D eigenvalue weighted by Gasteiger charge is -2.14. The van der Waals surface area contributed by atoms with Crippen LogP contribution in [0, 0.1) is 10.7 Å². The van der Waals surface area contributed by atoms with Crippen molar-refractivity contribution in [1.82, 2.24) is 9.55 Å². The molecule has 0 saturated carbocycles. The van der Waals surface area contributed by atoms with Gasteiger partial charge in [-0.25, -0.2) is 0 Å². The molecule has 1 aromatic rings. The van der Waals surface area contributed by atoms with E-state index >= 15 is 0 Å². The third kappa shape index (κ3) is 2.47. The largest absolute Gasteiger partial charge is 0.337 e. The van der Waals surface area contributed by atoms with Crippen LogP contribution in [0.3, 0.4) is 0 Å². The predicted molar refractivity (Wildman–Crippen MR) is 63.2 cm³/mol. The molecule has 1 atom stereocenters. The molecule has 0 aromatic carbocycles. The van der Waals surface area contributed by atoms with Crippen LogP contribution < -0.4 is 0 Å². The van der Waals surface area contributed by atoms with E-state index in [1.165, 1.54) is 12.1 Å². The van der Waals surface area contributed by atoms with Gasteiger partial charge < -0.3 is 9.55 Å². The molecule has 1 N–H and O–H groups in total. The highest BCUT2D eigenvalue weighted by Crippen LogP contribution is 2.16. The van der Waals surface area contributed by atoms with Crippen molar-refractivity contribution in [1.29, 1.82) is 0 Å². The van der Waals surface area contributed by atoms with E-state index in [9.17, 15) is 0 Å². The summed E-state index contributed by atoms with van der Waals surface area (Å²) < 4.78 is 3.09. The number of H-pyrrole nitrogens is 1. The molecule has 0 radical (unpaired) electrons. The molecule has 0 bridgehead atoms. The number of nitrogens with zero attached hydrogens (tertiary/aromatic N) is 1. The molecule has 1 aromatic heterocycles. The lowest BCUT2D eigenvalue weighted by molar-refractivity contribution is 0.452. The fourth-order valence-electron chi connectivity index (χ4n) is 1.52. The minimum absolute atomic E-state index is 0.534. The second-order valence-corrected chi connectivity index (χ2v) is 4.68. The van der Waals surface area contributed by atoms with Crippen LogP contribution in [-0.2, 0) is 6.54 Å². The van der Waals surface area contributed by atoms with Gasteiger partial charge in [0.25, 0.3) is 0 Å². The Morgan fingerprint density at radius 2 is 2.07 bits per heavy atom. The van der Waals surface area contributed by atoms with E-state index in [4.69, 9.17) is 12.2 Å². The summed E-state index contributed by atoms with van der Waals surface area (Å²) in [6.07, 6.45) is 3.24. The first-order valence-corrected chi connectivity index (χ1v) is 5.75. The Hall–Kier alpha value is -0.570. The van der Waals surface area contributed by atoms with E-state index in [0.717, 1.165) is 11.3 Å². The number of aromatic nitrogens is 2. The molecule has 14 heavy (non-hydrogen) atoms. The van der Waals surface area contributed by atoms with Gasteiger partial charge in [-0.05, 0) is 24.1 Å². The first-order chi connectivity index (χ1) is 6.56. The van der Waals surface area contributed by atoms with Crippen molar-refractivity contribution in [3.63, 3.8) is 0 Å². The molecule has 0 aliphatic carbocycles. The highest BCUT2D eigenvalue weighted by molar-refractivity contribution is 7.71. The average Bonchev–Trinajstić information content (AvgIpc) is 2.48. The number of imidazole rings is 1. The Kier molecular flexibility index (Phi) is 3.93. The molecule has 0 spiro atoms.